The predicted molar refractivity (Wildman–Crippen MR) is 116 cm³/mol. The van der Waals surface area contributed by atoms with Crippen molar-refractivity contribution in [3.8, 4) is 0 Å². The summed E-state index contributed by atoms with van der Waals surface area (Å²) in [6.07, 6.45) is 3.60. The molecule has 27 heavy (non-hydrogen) atoms. The molecular weight excluding hydrogens is 324 g/mol. The average molecular weight is 353 g/mol. The van der Waals surface area contributed by atoms with E-state index >= 15 is 0 Å². The van der Waals surface area contributed by atoms with Crippen LogP contribution in [0.15, 0.2) is 84.9 Å². The molecule has 0 aromatic heterocycles. The van der Waals surface area contributed by atoms with Gasteiger partial charge in [0.2, 0.25) is 0 Å². The van der Waals surface area contributed by atoms with Crippen LogP contribution >= 0.6 is 0 Å². The molecule has 0 aliphatic heterocycles. The van der Waals surface area contributed by atoms with Crippen molar-refractivity contribution < 1.29 is 0 Å². The molecule has 1 aliphatic carbocycles. The van der Waals surface area contributed by atoms with Gasteiger partial charge in [-0.2, -0.15) is 0 Å². The third-order valence-corrected chi connectivity index (χ3v) is 5.89. The fraction of sp³-hybridized carbons (Fsp3) is 0.259. The number of hydrogen-bond acceptors (Lipinski definition) is 0. The van der Waals surface area contributed by atoms with Crippen molar-refractivity contribution in [1.29, 1.82) is 0 Å². The molecule has 0 amide bonds. The second-order valence-electron chi connectivity index (χ2n) is 8.13. The number of benzene rings is 3. The van der Waals surface area contributed by atoms with Crippen LogP contribution < -0.4 is 0 Å². The predicted octanol–water partition coefficient (Wildman–Crippen LogP) is 7.47. The Morgan fingerprint density at radius 1 is 0.741 bits per heavy atom. The van der Waals surface area contributed by atoms with Crippen molar-refractivity contribution in [2.75, 3.05) is 0 Å². The highest BCUT2D eigenvalue weighted by Gasteiger charge is 2.30. The van der Waals surface area contributed by atoms with E-state index in [1.165, 1.54) is 33.4 Å². The highest BCUT2D eigenvalue weighted by atomic mass is 14.3. The number of hydrogen-bond donors (Lipinski definition) is 0. The van der Waals surface area contributed by atoms with Crippen LogP contribution in [0.4, 0.5) is 0 Å². The van der Waals surface area contributed by atoms with Crippen LogP contribution in [0, 0.1) is 6.92 Å². The molecule has 2 unspecified atom stereocenters. The molecule has 1 aliphatic rings. The van der Waals surface area contributed by atoms with Crippen molar-refractivity contribution in [2.45, 2.75) is 44.9 Å². The van der Waals surface area contributed by atoms with E-state index in [1.54, 1.807) is 0 Å². The third-order valence-electron chi connectivity index (χ3n) is 5.89. The first-order valence-electron chi connectivity index (χ1n) is 10.0. The standard InChI is InChI=1S/C27H28/c1-19(2)21-13-15-24(16-14-21)27-18-25(22-11-9-20(3)10-12-22)17-26(27)23-7-5-4-6-8-23/h4-17,19,26-27H,18H2,1-3H3. The molecule has 3 aromatic carbocycles. The summed E-state index contributed by atoms with van der Waals surface area (Å²) >= 11 is 0. The van der Waals surface area contributed by atoms with Gasteiger partial charge >= 0.3 is 0 Å². The highest BCUT2D eigenvalue weighted by Crippen LogP contribution is 2.47. The zero-order valence-corrected chi connectivity index (χ0v) is 16.5. The Bertz CT molecular complexity index is 912. The van der Waals surface area contributed by atoms with Crippen LogP contribution in [0.3, 0.4) is 0 Å². The minimum absolute atomic E-state index is 0.437. The van der Waals surface area contributed by atoms with Crippen LogP contribution in [-0.4, -0.2) is 0 Å². The minimum Gasteiger partial charge on any atom is -0.0725 e. The van der Waals surface area contributed by atoms with E-state index < -0.39 is 0 Å². The second-order valence-corrected chi connectivity index (χ2v) is 8.13. The fourth-order valence-electron chi connectivity index (χ4n) is 4.20. The number of rotatable bonds is 4. The Morgan fingerprint density at radius 2 is 1.41 bits per heavy atom. The van der Waals surface area contributed by atoms with Gasteiger partial charge in [0.05, 0.1) is 0 Å². The van der Waals surface area contributed by atoms with Crippen molar-refractivity contribution in [2.24, 2.45) is 0 Å². The first-order valence-corrected chi connectivity index (χ1v) is 10.0. The maximum absolute atomic E-state index is 2.50. The zero-order valence-electron chi connectivity index (χ0n) is 16.5. The molecule has 0 heteroatoms. The summed E-state index contributed by atoms with van der Waals surface area (Å²) in [6.45, 7) is 6.67. The molecule has 0 N–H and O–H groups in total. The van der Waals surface area contributed by atoms with Crippen molar-refractivity contribution >= 4 is 5.57 Å². The quantitative estimate of drug-likeness (QED) is 0.457. The highest BCUT2D eigenvalue weighted by molar-refractivity contribution is 5.71. The summed E-state index contributed by atoms with van der Waals surface area (Å²) < 4.78 is 0. The molecule has 2 atom stereocenters. The first-order chi connectivity index (χ1) is 13.1. The van der Waals surface area contributed by atoms with E-state index in [0.717, 1.165) is 6.42 Å². The molecular formula is C27H28. The largest absolute Gasteiger partial charge is 0.0725 e. The number of allylic oxidation sites excluding steroid dienone is 2. The molecule has 136 valence electrons. The van der Waals surface area contributed by atoms with Gasteiger partial charge in [-0.05, 0) is 53.0 Å². The fourth-order valence-corrected chi connectivity index (χ4v) is 4.20. The number of aryl methyl sites for hydroxylation is 1. The maximum atomic E-state index is 2.50. The molecule has 4 rings (SSSR count). The normalized spacial score (nSPS) is 19.3. The molecule has 0 nitrogen and oxygen atoms in total. The Morgan fingerprint density at radius 3 is 2.04 bits per heavy atom. The van der Waals surface area contributed by atoms with Crippen LogP contribution in [0.5, 0.6) is 0 Å². The van der Waals surface area contributed by atoms with Gasteiger partial charge in [-0.15, -0.1) is 0 Å². The van der Waals surface area contributed by atoms with Gasteiger partial charge in [0.1, 0.15) is 0 Å². The molecule has 0 fully saturated rings. The van der Waals surface area contributed by atoms with E-state index in [-0.39, 0.29) is 0 Å². The van der Waals surface area contributed by atoms with Crippen LogP contribution in [0.25, 0.3) is 5.57 Å². The van der Waals surface area contributed by atoms with Crippen LogP contribution in [0.2, 0.25) is 0 Å². The summed E-state index contributed by atoms with van der Waals surface area (Å²) in [6, 6.07) is 29.3. The second kappa shape index (κ2) is 7.56. The lowest BCUT2D eigenvalue weighted by molar-refractivity contribution is 0.667. The Hall–Kier alpha value is -2.60. The lowest BCUT2D eigenvalue weighted by Crippen LogP contribution is -2.05. The summed E-state index contributed by atoms with van der Waals surface area (Å²) in [4.78, 5) is 0. The summed E-state index contributed by atoms with van der Waals surface area (Å²) in [7, 11) is 0. The SMILES string of the molecule is Cc1ccc(C2=CC(c3ccccc3)C(c3ccc(C(C)C)cc3)C2)cc1. The van der Waals surface area contributed by atoms with Crippen molar-refractivity contribution in [3.63, 3.8) is 0 Å². The van der Waals surface area contributed by atoms with Gasteiger partial charge in [0, 0.05) is 5.92 Å². The minimum atomic E-state index is 0.437. The van der Waals surface area contributed by atoms with Gasteiger partial charge in [0.15, 0.2) is 0 Å². The van der Waals surface area contributed by atoms with Gasteiger partial charge < -0.3 is 0 Å². The van der Waals surface area contributed by atoms with Gasteiger partial charge in [-0.25, -0.2) is 0 Å². The van der Waals surface area contributed by atoms with E-state index in [0.29, 0.717) is 17.8 Å². The van der Waals surface area contributed by atoms with Gasteiger partial charge in [0.25, 0.3) is 0 Å². The summed E-state index contributed by atoms with van der Waals surface area (Å²) in [5, 5.41) is 0. The van der Waals surface area contributed by atoms with Gasteiger partial charge in [-0.1, -0.05) is 104 Å². The van der Waals surface area contributed by atoms with Crippen molar-refractivity contribution in [3.05, 3.63) is 113 Å². The molecule has 0 radical (unpaired) electrons. The lowest BCUT2D eigenvalue weighted by Gasteiger charge is -2.21. The lowest BCUT2D eigenvalue weighted by atomic mass is 9.83. The van der Waals surface area contributed by atoms with Crippen molar-refractivity contribution in [1.82, 2.24) is 0 Å². The zero-order chi connectivity index (χ0) is 18.8. The maximum Gasteiger partial charge on any atom is 0.00959 e. The van der Waals surface area contributed by atoms with E-state index in [4.69, 9.17) is 0 Å². The van der Waals surface area contributed by atoms with E-state index in [1.807, 2.05) is 0 Å². The Kier molecular flexibility index (Phi) is 4.99. The average Bonchev–Trinajstić information content (AvgIpc) is 3.15. The smallest absolute Gasteiger partial charge is 0.00959 e. The van der Waals surface area contributed by atoms with E-state index in [2.05, 4.69) is 106 Å². The molecule has 0 saturated carbocycles. The first kappa shape index (κ1) is 17.8. The third kappa shape index (κ3) is 3.76. The molecule has 0 saturated heterocycles. The van der Waals surface area contributed by atoms with Crippen LogP contribution in [0.1, 0.15) is 65.8 Å². The Labute approximate surface area is 163 Å². The van der Waals surface area contributed by atoms with Gasteiger partial charge in [-0.3, -0.25) is 0 Å². The summed E-state index contributed by atoms with van der Waals surface area (Å²) in [5.41, 5.74) is 8.44. The molecule has 0 bridgehead atoms. The molecule has 0 heterocycles. The Balaban J connectivity index is 1.70. The van der Waals surface area contributed by atoms with Crippen LogP contribution in [-0.2, 0) is 0 Å². The molecule has 0 spiro atoms. The molecule has 3 aromatic rings. The monoisotopic (exact) mass is 352 g/mol. The topological polar surface area (TPSA) is 0 Å². The van der Waals surface area contributed by atoms with E-state index in [9.17, 15) is 0 Å². The summed E-state index contributed by atoms with van der Waals surface area (Å²) in [5.74, 6) is 1.52.